The maximum Gasteiger partial charge on any atom is 0.251 e. The van der Waals surface area contributed by atoms with Gasteiger partial charge in [0.1, 0.15) is 0 Å². The second kappa shape index (κ2) is 8.89. The Balaban J connectivity index is 1.34. The van der Waals surface area contributed by atoms with Crippen LogP contribution < -0.4 is 10.6 Å². The van der Waals surface area contributed by atoms with Crippen molar-refractivity contribution >= 4 is 27.7 Å². The van der Waals surface area contributed by atoms with E-state index in [0.717, 1.165) is 44.3 Å². The summed E-state index contributed by atoms with van der Waals surface area (Å²) in [4.78, 5) is 26.7. The molecule has 30 heavy (non-hydrogen) atoms. The Morgan fingerprint density at radius 1 is 0.967 bits per heavy atom. The number of rotatable bonds is 6. The standard InChI is InChI=1S/C22H29N3O4S/c26-21(11-6-16-4-7-17(8-5-16)22(27)23-18-9-10-18)24-19-14-30(28,29)15-20(19)25-12-2-1-3-13-25/h4-8,11,18-20H,1-3,9-10,12-15H2,(H,23,27)(H,24,26)/b11-6+/t19-,20-/m1/s1. The van der Waals surface area contributed by atoms with E-state index in [4.69, 9.17) is 0 Å². The zero-order valence-corrected chi connectivity index (χ0v) is 17.9. The Morgan fingerprint density at radius 3 is 2.33 bits per heavy atom. The molecule has 2 saturated heterocycles. The van der Waals surface area contributed by atoms with Gasteiger partial charge in [0.2, 0.25) is 5.91 Å². The predicted octanol–water partition coefficient (Wildman–Crippen LogP) is 1.36. The lowest BCUT2D eigenvalue weighted by molar-refractivity contribution is -0.117. The van der Waals surface area contributed by atoms with Crippen molar-refractivity contribution in [2.24, 2.45) is 0 Å². The molecule has 8 heteroatoms. The highest BCUT2D eigenvalue weighted by molar-refractivity contribution is 7.91. The molecule has 0 bridgehead atoms. The Hall–Kier alpha value is -2.19. The average molecular weight is 432 g/mol. The third-order valence-electron chi connectivity index (χ3n) is 6.02. The highest BCUT2D eigenvalue weighted by Crippen LogP contribution is 2.22. The summed E-state index contributed by atoms with van der Waals surface area (Å²) in [6.45, 7) is 1.78. The highest BCUT2D eigenvalue weighted by Gasteiger charge is 2.41. The van der Waals surface area contributed by atoms with Crippen LogP contribution in [0.15, 0.2) is 30.3 Å². The Kier molecular flexibility index (Phi) is 6.24. The van der Waals surface area contributed by atoms with Crippen LogP contribution in [0.3, 0.4) is 0 Å². The molecule has 2 heterocycles. The fourth-order valence-corrected chi connectivity index (χ4v) is 6.17. The summed E-state index contributed by atoms with van der Waals surface area (Å²) in [5, 5.41) is 5.84. The molecule has 7 nitrogen and oxygen atoms in total. The zero-order chi connectivity index (χ0) is 21.1. The second-order valence-electron chi connectivity index (χ2n) is 8.56. The van der Waals surface area contributed by atoms with Crippen molar-refractivity contribution < 1.29 is 18.0 Å². The van der Waals surface area contributed by atoms with E-state index < -0.39 is 9.84 Å². The Bertz CT molecular complexity index is 916. The lowest BCUT2D eigenvalue weighted by atomic mass is 10.0. The van der Waals surface area contributed by atoms with Crippen LogP contribution in [0.25, 0.3) is 6.08 Å². The van der Waals surface area contributed by atoms with Crippen molar-refractivity contribution in [3.05, 3.63) is 41.5 Å². The van der Waals surface area contributed by atoms with Gasteiger partial charge in [-0.15, -0.1) is 0 Å². The number of hydrogen-bond acceptors (Lipinski definition) is 5. The van der Waals surface area contributed by atoms with Gasteiger partial charge in [-0.1, -0.05) is 18.6 Å². The topological polar surface area (TPSA) is 95.6 Å². The molecule has 0 aromatic heterocycles. The Morgan fingerprint density at radius 2 is 1.67 bits per heavy atom. The number of benzene rings is 1. The van der Waals surface area contributed by atoms with Crippen LogP contribution in [-0.4, -0.2) is 67.9 Å². The fraction of sp³-hybridized carbons (Fsp3) is 0.545. The number of nitrogens with zero attached hydrogens (tertiary/aromatic N) is 1. The predicted molar refractivity (Wildman–Crippen MR) is 116 cm³/mol. The maximum atomic E-state index is 12.4. The molecule has 0 radical (unpaired) electrons. The number of hydrogen-bond donors (Lipinski definition) is 2. The quantitative estimate of drug-likeness (QED) is 0.663. The first-order valence-corrected chi connectivity index (χ1v) is 12.6. The third kappa shape index (κ3) is 5.49. The van der Waals surface area contributed by atoms with Crippen LogP contribution >= 0.6 is 0 Å². The second-order valence-corrected chi connectivity index (χ2v) is 10.7. The van der Waals surface area contributed by atoms with Crippen LogP contribution in [0.5, 0.6) is 0 Å². The smallest absolute Gasteiger partial charge is 0.251 e. The van der Waals surface area contributed by atoms with Crippen molar-refractivity contribution in [2.45, 2.75) is 50.2 Å². The van der Waals surface area contributed by atoms with E-state index in [0.29, 0.717) is 11.6 Å². The van der Waals surface area contributed by atoms with Gasteiger partial charge in [0.25, 0.3) is 5.91 Å². The summed E-state index contributed by atoms with van der Waals surface area (Å²) in [6, 6.07) is 6.87. The molecule has 4 rings (SSSR count). The van der Waals surface area contributed by atoms with E-state index in [9.17, 15) is 18.0 Å². The summed E-state index contributed by atoms with van der Waals surface area (Å²) in [7, 11) is -3.14. The van der Waals surface area contributed by atoms with E-state index in [-0.39, 0.29) is 35.4 Å². The van der Waals surface area contributed by atoms with Gasteiger partial charge in [-0.05, 0) is 62.5 Å². The van der Waals surface area contributed by atoms with Crippen molar-refractivity contribution in [1.82, 2.24) is 15.5 Å². The van der Waals surface area contributed by atoms with Crippen molar-refractivity contribution in [3.8, 4) is 0 Å². The van der Waals surface area contributed by atoms with Gasteiger partial charge in [-0.2, -0.15) is 0 Å². The first kappa shape index (κ1) is 21.1. The van der Waals surface area contributed by atoms with Crippen LogP contribution in [0.2, 0.25) is 0 Å². The van der Waals surface area contributed by atoms with E-state index in [1.54, 1.807) is 30.3 Å². The number of piperidine rings is 1. The molecule has 2 atom stereocenters. The van der Waals surface area contributed by atoms with Crippen molar-refractivity contribution in [3.63, 3.8) is 0 Å². The fourth-order valence-electron chi connectivity index (χ4n) is 4.22. The first-order valence-electron chi connectivity index (χ1n) is 10.7. The van der Waals surface area contributed by atoms with E-state index in [1.165, 1.54) is 12.5 Å². The van der Waals surface area contributed by atoms with Crippen LogP contribution in [0.1, 0.15) is 48.0 Å². The SMILES string of the molecule is O=C(/C=C/c1ccc(C(=O)NC2CC2)cc1)N[C@@H]1CS(=O)(=O)C[C@H]1N1CCCCC1. The van der Waals surface area contributed by atoms with Gasteiger partial charge in [0.05, 0.1) is 17.5 Å². The largest absolute Gasteiger partial charge is 0.349 e. The normalized spacial score (nSPS) is 26.5. The number of carbonyl (C=O) groups is 2. The molecule has 3 aliphatic rings. The molecule has 1 aliphatic carbocycles. The van der Waals surface area contributed by atoms with Gasteiger partial charge >= 0.3 is 0 Å². The van der Waals surface area contributed by atoms with Gasteiger partial charge < -0.3 is 10.6 Å². The number of nitrogens with one attached hydrogen (secondary N) is 2. The molecule has 3 fully saturated rings. The summed E-state index contributed by atoms with van der Waals surface area (Å²) in [5.74, 6) is -0.253. The monoisotopic (exact) mass is 431 g/mol. The van der Waals surface area contributed by atoms with Crippen LogP contribution in [-0.2, 0) is 14.6 Å². The summed E-state index contributed by atoms with van der Waals surface area (Å²) in [5.41, 5.74) is 1.41. The lowest BCUT2D eigenvalue weighted by Gasteiger charge is -2.34. The maximum absolute atomic E-state index is 12.4. The minimum atomic E-state index is -3.14. The summed E-state index contributed by atoms with van der Waals surface area (Å²) >= 11 is 0. The molecule has 2 N–H and O–H groups in total. The van der Waals surface area contributed by atoms with E-state index in [2.05, 4.69) is 15.5 Å². The zero-order valence-electron chi connectivity index (χ0n) is 17.0. The number of carbonyl (C=O) groups excluding carboxylic acids is 2. The first-order chi connectivity index (χ1) is 14.4. The summed E-state index contributed by atoms with van der Waals surface area (Å²) < 4.78 is 24.4. The number of likely N-dealkylation sites (tertiary alicyclic amines) is 1. The minimum absolute atomic E-state index is 0.00144. The van der Waals surface area contributed by atoms with Gasteiger partial charge in [0, 0.05) is 23.7 Å². The summed E-state index contributed by atoms with van der Waals surface area (Å²) in [6.07, 6.45) is 8.52. The molecule has 1 aromatic rings. The molecular weight excluding hydrogens is 402 g/mol. The molecule has 1 saturated carbocycles. The molecule has 1 aromatic carbocycles. The third-order valence-corrected chi connectivity index (χ3v) is 7.74. The van der Waals surface area contributed by atoms with E-state index >= 15 is 0 Å². The van der Waals surface area contributed by atoms with Gasteiger partial charge in [-0.3, -0.25) is 14.5 Å². The minimum Gasteiger partial charge on any atom is -0.349 e. The molecular formula is C22H29N3O4S. The Labute approximate surface area is 177 Å². The van der Waals surface area contributed by atoms with Gasteiger partial charge in [-0.25, -0.2) is 8.42 Å². The van der Waals surface area contributed by atoms with Crippen LogP contribution in [0, 0.1) is 0 Å². The van der Waals surface area contributed by atoms with Crippen molar-refractivity contribution in [2.75, 3.05) is 24.6 Å². The van der Waals surface area contributed by atoms with E-state index in [1.807, 2.05) is 0 Å². The van der Waals surface area contributed by atoms with Crippen molar-refractivity contribution in [1.29, 1.82) is 0 Å². The van der Waals surface area contributed by atoms with Crippen LogP contribution in [0.4, 0.5) is 0 Å². The average Bonchev–Trinajstić information content (AvgIpc) is 3.49. The molecule has 2 aliphatic heterocycles. The van der Waals surface area contributed by atoms with Gasteiger partial charge in [0.15, 0.2) is 9.84 Å². The lowest BCUT2D eigenvalue weighted by Crippen LogP contribution is -2.52. The molecule has 162 valence electrons. The highest BCUT2D eigenvalue weighted by atomic mass is 32.2. The molecule has 0 unspecified atom stereocenters. The number of sulfone groups is 1. The molecule has 2 amide bonds. The molecule has 0 spiro atoms. The number of amides is 2.